The summed E-state index contributed by atoms with van der Waals surface area (Å²) < 4.78 is 10.8. The second-order valence-corrected chi connectivity index (χ2v) is 5.93. The number of nitrogens with one attached hydrogen (secondary N) is 2. The van der Waals surface area contributed by atoms with E-state index < -0.39 is 11.8 Å². The Morgan fingerprint density at radius 3 is 2.60 bits per heavy atom. The Morgan fingerprint density at radius 1 is 1.00 bits per heavy atom. The topological polar surface area (TPSA) is 84.5 Å². The highest BCUT2D eigenvalue weighted by atomic mass is 32.2. The summed E-state index contributed by atoms with van der Waals surface area (Å²) in [5.41, 5.74) is 0.605. The van der Waals surface area contributed by atoms with Crippen LogP contribution in [0.5, 0.6) is 0 Å². The molecule has 0 radical (unpaired) electrons. The molecule has 6 nitrogen and oxygen atoms in total. The SMILES string of the molecule is CSc1ccccc1NC(=O)C(=O)NCc1ccc(-c2ccco2)o1. The molecule has 0 fully saturated rings. The van der Waals surface area contributed by atoms with E-state index in [0.717, 1.165) is 4.90 Å². The molecular weight excluding hydrogens is 340 g/mol. The Morgan fingerprint density at radius 2 is 1.84 bits per heavy atom. The maximum atomic E-state index is 12.0. The summed E-state index contributed by atoms with van der Waals surface area (Å²) in [4.78, 5) is 24.9. The van der Waals surface area contributed by atoms with Crippen LogP contribution >= 0.6 is 11.8 Å². The number of benzene rings is 1. The van der Waals surface area contributed by atoms with Gasteiger partial charge in [-0.2, -0.15) is 0 Å². The van der Waals surface area contributed by atoms with Gasteiger partial charge in [-0.05, 0) is 42.7 Å². The van der Waals surface area contributed by atoms with Gasteiger partial charge in [0.05, 0.1) is 18.5 Å². The van der Waals surface area contributed by atoms with E-state index in [1.807, 2.05) is 18.4 Å². The standard InChI is InChI=1S/C18H16N2O4S/c1-25-16-7-3-2-5-13(16)20-18(22)17(21)19-11-12-8-9-15(24-12)14-6-4-10-23-14/h2-10H,11H2,1H3,(H,19,21)(H,20,22). The molecule has 1 aromatic carbocycles. The summed E-state index contributed by atoms with van der Waals surface area (Å²) in [7, 11) is 0. The minimum Gasteiger partial charge on any atom is -0.461 e. The Balaban J connectivity index is 1.56. The van der Waals surface area contributed by atoms with E-state index in [9.17, 15) is 9.59 Å². The van der Waals surface area contributed by atoms with Crippen LogP contribution in [-0.4, -0.2) is 18.1 Å². The van der Waals surface area contributed by atoms with Crippen LogP contribution in [0.2, 0.25) is 0 Å². The molecule has 2 aromatic heterocycles. The first-order chi connectivity index (χ1) is 12.2. The zero-order valence-electron chi connectivity index (χ0n) is 13.4. The summed E-state index contributed by atoms with van der Waals surface area (Å²) in [5, 5.41) is 5.14. The maximum Gasteiger partial charge on any atom is 0.313 e. The van der Waals surface area contributed by atoms with Gasteiger partial charge in [0, 0.05) is 4.90 Å². The smallest absolute Gasteiger partial charge is 0.313 e. The van der Waals surface area contributed by atoms with E-state index in [0.29, 0.717) is 23.0 Å². The minimum absolute atomic E-state index is 0.108. The largest absolute Gasteiger partial charge is 0.461 e. The van der Waals surface area contributed by atoms with Gasteiger partial charge in [-0.1, -0.05) is 12.1 Å². The summed E-state index contributed by atoms with van der Waals surface area (Å²) in [6.45, 7) is 0.108. The first-order valence-corrected chi connectivity index (χ1v) is 8.74. The average Bonchev–Trinajstić information content (AvgIpc) is 3.31. The van der Waals surface area contributed by atoms with Crippen molar-refractivity contribution in [3.05, 3.63) is 60.6 Å². The number of hydrogen-bond donors (Lipinski definition) is 2. The molecule has 2 heterocycles. The van der Waals surface area contributed by atoms with Crippen LogP contribution in [0.4, 0.5) is 5.69 Å². The Hall–Kier alpha value is -2.93. The molecule has 0 unspecified atom stereocenters. The highest BCUT2D eigenvalue weighted by molar-refractivity contribution is 7.98. The zero-order valence-corrected chi connectivity index (χ0v) is 14.3. The van der Waals surface area contributed by atoms with Crippen molar-refractivity contribution in [1.29, 1.82) is 0 Å². The van der Waals surface area contributed by atoms with Gasteiger partial charge in [-0.3, -0.25) is 9.59 Å². The summed E-state index contributed by atoms with van der Waals surface area (Å²) in [6.07, 6.45) is 3.45. The van der Waals surface area contributed by atoms with Crippen molar-refractivity contribution >= 4 is 29.3 Å². The van der Waals surface area contributed by atoms with Gasteiger partial charge in [0.25, 0.3) is 0 Å². The number of amides is 2. The highest BCUT2D eigenvalue weighted by Gasteiger charge is 2.16. The van der Waals surface area contributed by atoms with Crippen molar-refractivity contribution in [3.8, 4) is 11.5 Å². The van der Waals surface area contributed by atoms with E-state index >= 15 is 0 Å². The molecule has 0 aliphatic carbocycles. The molecular formula is C18H16N2O4S. The second-order valence-electron chi connectivity index (χ2n) is 5.08. The van der Waals surface area contributed by atoms with Gasteiger partial charge in [0.15, 0.2) is 11.5 Å². The van der Waals surface area contributed by atoms with Gasteiger partial charge < -0.3 is 19.5 Å². The Kier molecular flexibility index (Phi) is 5.25. The summed E-state index contributed by atoms with van der Waals surface area (Å²) in [5.74, 6) is 0.236. The first-order valence-electron chi connectivity index (χ1n) is 7.52. The number of carbonyl (C=O) groups excluding carboxylic acids is 2. The van der Waals surface area contributed by atoms with E-state index in [1.54, 1.807) is 42.7 Å². The van der Waals surface area contributed by atoms with Gasteiger partial charge in [0.2, 0.25) is 0 Å². The van der Waals surface area contributed by atoms with Gasteiger partial charge >= 0.3 is 11.8 Å². The highest BCUT2D eigenvalue weighted by Crippen LogP contribution is 2.24. The fourth-order valence-corrected chi connectivity index (χ4v) is 2.75. The van der Waals surface area contributed by atoms with E-state index in [4.69, 9.17) is 8.83 Å². The molecule has 25 heavy (non-hydrogen) atoms. The minimum atomic E-state index is -0.730. The number of hydrogen-bond acceptors (Lipinski definition) is 5. The Bertz CT molecular complexity index is 871. The molecule has 7 heteroatoms. The van der Waals surface area contributed by atoms with Crippen LogP contribution in [0.25, 0.3) is 11.5 Å². The average molecular weight is 356 g/mol. The van der Waals surface area contributed by atoms with E-state index in [1.165, 1.54) is 11.8 Å². The molecule has 128 valence electrons. The van der Waals surface area contributed by atoms with Gasteiger partial charge in [-0.25, -0.2) is 0 Å². The maximum absolute atomic E-state index is 12.0. The number of thioether (sulfide) groups is 1. The number of para-hydroxylation sites is 1. The first kappa shape index (κ1) is 16.9. The van der Waals surface area contributed by atoms with Crippen LogP contribution in [0.3, 0.4) is 0 Å². The molecule has 0 saturated carbocycles. The van der Waals surface area contributed by atoms with Crippen LogP contribution in [-0.2, 0) is 16.1 Å². The normalized spacial score (nSPS) is 10.4. The van der Waals surface area contributed by atoms with Crippen molar-refractivity contribution in [1.82, 2.24) is 5.32 Å². The van der Waals surface area contributed by atoms with Crippen LogP contribution in [0, 0.1) is 0 Å². The van der Waals surface area contributed by atoms with Crippen molar-refractivity contribution in [2.24, 2.45) is 0 Å². The van der Waals surface area contributed by atoms with E-state index in [-0.39, 0.29) is 6.54 Å². The third-order valence-corrected chi connectivity index (χ3v) is 4.21. The lowest BCUT2D eigenvalue weighted by atomic mass is 10.3. The molecule has 0 bridgehead atoms. The fraction of sp³-hybridized carbons (Fsp3) is 0.111. The molecule has 3 rings (SSSR count). The molecule has 0 spiro atoms. The van der Waals surface area contributed by atoms with E-state index in [2.05, 4.69) is 10.6 Å². The Labute approximate surface area is 148 Å². The van der Waals surface area contributed by atoms with Gasteiger partial charge in [-0.15, -0.1) is 11.8 Å². The molecule has 3 aromatic rings. The van der Waals surface area contributed by atoms with Crippen LogP contribution in [0.15, 0.2) is 68.5 Å². The third kappa shape index (κ3) is 4.13. The number of furan rings is 2. The predicted molar refractivity (Wildman–Crippen MR) is 95.1 cm³/mol. The number of anilines is 1. The zero-order chi connectivity index (χ0) is 17.6. The second kappa shape index (κ2) is 7.76. The molecule has 0 aliphatic rings. The summed E-state index contributed by atoms with van der Waals surface area (Å²) >= 11 is 1.49. The monoisotopic (exact) mass is 356 g/mol. The molecule has 0 atom stereocenters. The van der Waals surface area contributed by atoms with Crippen LogP contribution in [0.1, 0.15) is 5.76 Å². The van der Waals surface area contributed by atoms with Crippen molar-refractivity contribution in [2.45, 2.75) is 11.4 Å². The number of carbonyl (C=O) groups is 2. The lowest BCUT2D eigenvalue weighted by molar-refractivity contribution is -0.136. The molecule has 2 amide bonds. The summed E-state index contributed by atoms with van der Waals surface area (Å²) in [6, 6.07) is 14.3. The number of rotatable bonds is 5. The quantitative estimate of drug-likeness (QED) is 0.540. The molecule has 2 N–H and O–H groups in total. The third-order valence-electron chi connectivity index (χ3n) is 3.41. The predicted octanol–water partition coefficient (Wildman–Crippen LogP) is 3.52. The molecule has 0 aliphatic heterocycles. The van der Waals surface area contributed by atoms with Crippen LogP contribution < -0.4 is 10.6 Å². The lowest BCUT2D eigenvalue weighted by Crippen LogP contribution is -2.35. The van der Waals surface area contributed by atoms with Crippen molar-refractivity contribution in [2.75, 3.05) is 11.6 Å². The molecule has 0 saturated heterocycles. The lowest BCUT2D eigenvalue weighted by Gasteiger charge is -2.08. The fourth-order valence-electron chi connectivity index (χ4n) is 2.20. The van der Waals surface area contributed by atoms with Crippen molar-refractivity contribution < 1.29 is 18.4 Å². The van der Waals surface area contributed by atoms with Crippen molar-refractivity contribution in [3.63, 3.8) is 0 Å². The van der Waals surface area contributed by atoms with Gasteiger partial charge in [0.1, 0.15) is 5.76 Å².